The van der Waals surface area contributed by atoms with Gasteiger partial charge in [0.1, 0.15) is 0 Å². The molecule has 0 fully saturated rings. The molecule has 1 amide bonds. The van der Waals surface area contributed by atoms with Gasteiger partial charge in [-0.3, -0.25) is 9.69 Å². The standard InChI is InChI=1S/C14H21BrN2O/c1-4-17(5-2)10-12-8-6-7-9-13(12)16-14(18)11(3)15/h6-9,11H,4-5,10H2,1-3H3,(H,16,18). The monoisotopic (exact) mass is 312 g/mol. The molecule has 1 rings (SSSR count). The lowest BCUT2D eigenvalue weighted by molar-refractivity contribution is -0.115. The van der Waals surface area contributed by atoms with Crippen LogP contribution in [0.3, 0.4) is 0 Å². The van der Waals surface area contributed by atoms with Gasteiger partial charge in [-0.25, -0.2) is 0 Å². The second kappa shape index (κ2) is 7.54. The molecule has 0 saturated heterocycles. The van der Waals surface area contributed by atoms with Gasteiger partial charge in [0.2, 0.25) is 5.91 Å². The molecule has 0 spiro atoms. The summed E-state index contributed by atoms with van der Waals surface area (Å²) in [6, 6.07) is 7.96. The highest BCUT2D eigenvalue weighted by Gasteiger charge is 2.12. The summed E-state index contributed by atoms with van der Waals surface area (Å²) >= 11 is 3.28. The van der Waals surface area contributed by atoms with Crippen molar-refractivity contribution in [3.8, 4) is 0 Å². The van der Waals surface area contributed by atoms with Gasteiger partial charge in [0.25, 0.3) is 0 Å². The Morgan fingerprint density at radius 3 is 2.50 bits per heavy atom. The molecule has 0 aliphatic heterocycles. The van der Waals surface area contributed by atoms with E-state index in [0.717, 1.165) is 30.9 Å². The number of rotatable bonds is 6. The zero-order valence-electron chi connectivity index (χ0n) is 11.2. The predicted molar refractivity (Wildman–Crippen MR) is 80.1 cm³/mol. The lowest BCUT2D eigenvalue weighted by Gasteiger charge is -2.20. The van der Waals surface area contributed by atoms with Crippen molar-refractivity contribution in [3.05, 3.63) is 29.8 Å². The first-order valence-electron chi connectivity index (χ1n) is 6.33. The van der Waals surface area contributed by atoms with Crippen LogP contribution in [-0.4, -0.2) is 28.7 Å². The first-order chi connectivity index (χ1) is 8.58. The van der Waals surface area contributed by atoms with E-state index < -0.39 is 0 Å². The average Bonchev–Trinajstić information content (AvgIpc) is 2.37. The molecule has 1 aromatic rings. The highest BCUT2D eigenvalue weighted by Crippen LogP contribution is 2.18. The number of hydrogen-bond acceptors (Lipinski definition) is 2. The smallest absolute Gasteiger partial charge is 0.237 e. The number of hydrogen-bond donors (Lipinski definition) is 1. The molecule has 0 radical (unpaired) electrons. The van der Waals surface area contributed by atoms with Gasteiger partial charge in [0.15, 0.2) is 0 Å². The van der Waals surface area contributed by atoms with E-state index in [1.807, 2.05) is 25.1 Å². The Bertz CT molecular complexity index is 389. The number of halogens is 1. The molecular weight excluding hydrogens is 292 g/mol. The van der Waals surface area contributed by atoms with E-state index in [-0.39, 0.29) is 10.7 Å². The van der Waals surface area contributed by atoms with Crippen LogP contribution >= 0.6 is 15.9 Å². The summed E-state index contributed by atoms with van der Waals surface area (Å²) in [4.78, 5) is 13.9. The summed E-state index contributed by atoms with van der Waals surface area (Å²) < 4.78 is 0. The number of benzene rings is 1. The van der Waals surface area contributed by atoms with E-state index in [0.29, 0.717) is 0 Å². The van der Waals surface area contributed by atoms with Crippen LogP contribution < -0.4 is 5.32 Å². The Kier molecular flexibility index (Phi) is 6.36. The molecule has 0 aliphatic rings. The Balaban J connectivity index is 2.82. The minimum atomic E-state index is -0.181. The fourth-order valence-corrected chi connectivity index (χ4v) is 1.81. The van der Waals surface area contributed by atoms with Gasteiger partial charge in [-0.1, -0.05) is 48.0 Å². The molecule has 3 nitrogen and oxygen atoms in total. The van der Waals surface area contributed by atoms with Crippen molar-refractivity contribution in [2.24, 2.45) is 0 Å². The van der Waals surface area contributed by atoms with Crippen molar-refractivity contribution in [1.29, 1.82) is 0 Å². The van der Waals surface area contributed by atoms with E-state index in [1.54, 1.807) is 0 Å². The van der Waals surface area contributed by atoms with Gasteiger partial charge < -0.3 is 5.32 Å². The quantitative estimate of drug-likeness (QED) is 0.818. The zero-order chi connectivity index (χ0) is 13.5. The minimum Gasteiger partial charge on any atom is -0.325 e. The first kappa shape index (κ1) is 15.2. The second-order valence-electron chi connectivity index (χ2n) is 4.22. The maximum Gasteiger partial charge on any atom is 0.237 e. The highest BCUT2D eigenvalue weighted by molar-refractivity contribution is 9.10. The number of nitrogens with zero attached hydrogens (tertiary/aromatic N) is 1. The average molecular weight is 313 g/mol. The lowest BCUT2D eigenvalue weighted by atomic mass is 10.1. The van der Waals surface area contributed by atoms with Crippen LogP contribution in [0.5, 0.6) is 0 Å². The second-order valence-corrected chi connectivity index (χ2v) is 5.60. The van der Waals surface area contributed by atoms with Crippen molar-refractivity contribution in [2.45, 2.75) is 32.1 Å². The summed E-state index contributed by atoms with van der Waals surface area (Å²) in [5.74, 6) is -0.0120. The van der Waals surface area contributed by atoms with E-state index in [4.69, 9.17) is 0 Å². The van der Waals surface area contributed by atoms with Crippen LogP contribution in [0, 0.1) is 0 Å². The van der Waals surface area contributed by atoms with Crippen LogP contribution in [-0.2, 0) is 11.3 Å². The van der Waals surface area contributed by atoms with Crippen LogP contribution in [0.2, 0.25) is 0 Å². The Hall–Kier alpha value is -0.870. The summed E-state index contributed by atoms with van der Waals surface area (Å²) in [6.07, 6.45) is 0. The third-order valence-electron chi connectivity index (χ3n) is 2.92. The van der Waals surface area contributed by atoms with Gasteiger partial charge >= 0.3 is 0 Å². The number of anilines is 1. The van der Waals surface area contributed by atoms with Crippen LogP contribution in [0.4, 0.5) is 5.69 Å². The summed E-state index contributed by atoms with van der Waals surface area (Å²) in [5, 5.41) is 2.95. The van der Waals surface area contributed by atoms with Crippen molar-refractivity contribution in [3.63, 3.8) is 0 Å². The van der Waals surface area contributed by atoms with Crippen LogP contribution in [0.25, 0.3) is 0 Å². The van der Waals surface area contributed by atoms with Gasteiger partial charge in [-0.2, -0.15) is 0 Å². The highest BCUT2D eigenvalue weighted by atomic mass is 79.9. The normalized spacial score (nSPS) is 12.5. The number of carbonyl (C=O) groups excluding carboxylic acids is 1. The maximum absolute atomic E-state index is 11.7. The van der Waals surface area contributed by atoms with E-state index in [2.05, 4.69) is 46.1 Å². The van der Waals surface area contributed by atoms with Gasteiger partial charge in [0, 0.05) is 12.2 Å². The molecule has 1 unspecified atom stereocenters. The van der Waals surface area contributed by atoms with Crippen molar-refractivity contribution in [1.82, 2.24) is 4.90 Å². The third kappa shape index (κ3) is 4.42. The van der Waals surface area contributed by atoms with Crippen molar-refractivity contribution >= 4 is 27.5 Å². The molecule has 0 saturated carbocycles. The van der Waals surface area contributed by atoms with Crippen molar-refractivity contribution in [2.75, 3.05) is 18.4 Å². The van der Waals surface area contributed by atoms with E-state index in [1.165, 1.54) is 0 Å². The topological polar surface area (TPSA) is 32.3 Å². The molecule has 0 aromatic heterocycles. The number of alkyl halides is 1. The third-order valence-corrected chi connectivity index (χ3v) is 3.34. The van der Waals surface area contributed by atoms with E-state index >= 15 is 0 Å². The van der Waals surface area contributed by atoms with Crippen LogP contribution in [0.15, 0.2) is 24.3 Å². The van der Waals surface area contributed by atoms with Crippen molar-refractivity contribution < 1.29 is 4.79 Å². The fraction of sp³-hybridized carbons (Fsp3) is 0.500. The summed E-state index contributed by atoms with van der Waals surface area (Å²) in [7, 11) is 0. The molecule has 1 aromatic carbocycles. The molecule has 4 heteroatoms. The summed E-state index contributed by atoms with van der Waals surface area (Å²) in [6.45, 7) is 8.99. The lowest BCUT2D eigenvalue weighted by Crippen LogP contribution is -2.25. The van der Waals surface area contributed by atoms with Crippen LogP contribution in [0.1, 0.15) is 26.3 Å². The Morgan fingerprint density at radius 1 is 1.33 bits per heavy atom. The molecule has 0 bridgehead atoms. The van der Waals surface area contributed by atoms with Gasteiger partial charge in [0.05, 0.1) is 4.83 Å². The number of amides is 1. The predicted octanol–water partition coefficient (Wildman–Crippen LogP) is 3.25. The fourth-order valence-electron chi connectivity index (χ4n) is 1.70. The maximum atomic E-state index is 11.7. The number of nitrogens with one attached hydrogen (secondary N) is 1. The number of carbonyl (C=O) groups is 1. The van der Waals surface area contributed by atoms with Gasteiger partial charge in [-0.15, -0.1) is 0 Å². The minimum absolute atomic E-state index is 0.0120. The molecule has 0 aliphatic carbocycles. The molecule has 0 heterocycles. The van der Waals surface area contributed by atoms with E-state index in [9.17, 15) is 4.79 Å². The van der Waals surface area contributed by atoms with Gasteiger partial charge in [-0.05, 0) is 31.6 Å². The largest absolute Gasteiger partial charge is 0.325 e. The number of para-hydroxylation sites is 1. The molecular formula is C14H21BrN2O. The molecule has 1 atom stereocenters. The molecule has 100 valence electrons. The molecule has 18 heavy (non-hydrogen) atoms. The summed E-state index contributed by atoms with van der Waals surface area (Å²) in [5.41, 5.74) is 2.06. The first-order valence-corrected chi connectivity index (χ1v) is 7.25. The Labute approximate surface area is 118 Å². The molecule has 1 N–H and O–H groups in total. The zero-order valence-corrected chi connectivity index (χ0v) is 12.8. The SMILES string of the molecule is CCN(CC)Cc1ccccc1NC(=O)C(C)Br. The Morgan fingerprint density at radius 2 is 1.94 bits per heavy atom.